The SMILES string of the molecule is Cn1nccc1C(=O)c1ccc2c(c1)CCN2. The van der Waals surface area contributed by atoms with Crippen LogP contribution >= 0.6 is 0 Å². The van der Waals surface area contributed by atoms with E-state index in [9.17, 15) is 4.79 Å². The van der Waals surface area contributed by atoms with Crippen LogP contribution in [0.5, 0.6) is 0 Å². The Morgan fingerprint density at radius 1 is 1.41 bits per heavy atom. The Kier molecular flexibility index (Phi) is 2.21. The fraction of sp³-hybridized carbons (Fsp3) is 0.231. The van der Waals surface area contributed by atoms with Crippen molar-refractivity contribution < 1.29 is 4.79 Å². The molecule has 0 fully saturated rings. The van der Waals surface area contributed by atoms with Crippen molar-refractivity contribution in [1.29, 1.82) is 0 Å². The summed E-state index contributed by atoms with van der Waals surface area (Å²) in [5, 5.41) is 7.30. The average Bonchev–Trinajstić information content (AvgIpc) is 2.95. The van der Waals surface area contributed by atoms with Gasteiger partial charge in [0, 0.05) is 31.0 Å². The molecule has 0 spiro atoms. The van der Waals surface area contributed by atoms with Crippen LogP contribution in [0.4, 0.5) is 5.69 Å². The summed E-state index contributed by atoms with van der Waals surface area (Å²) < 4.78 is 1.60. The van der Waals surface area contributed by atoms with Gasteiger partial charge in [-0.25, -0.2) is 0 Å². The summed E-state index contributed by atoms with van der Waals surface area (Å²) in [6.07, 6.45) is 2.63. The highest BCUT2D eigenvalue weighted by Crippen LogP contribution is 2.24. The van der Waals surface area contributed by atoms with Crippen molar-refractivity contribution in [3.05, 3.63) is 47.3 Å². The monoisotopic (exact) mass is 227 g/mol. The van der Waals surface area contributed by atoms with Crippen molar-refractivity contribution in [2.75, 3.05) is 11.9 Å². The predicted octanol–water partition coefficient (Wildman–Crippen LogP) is 1.62. The van der Waals surface area contributed by atoms with Gasteiger partial charge in [-0.1, -0.05) is 0 Å². The van der Waals surface area contributed by atoms with Gasteiger partial charge in [0.1, 0.15) is 5.69 Å². The number of nitrogens with zero attached hydrogens (tertiary/aromatic N) is 2. The van der Waals surface area contributed by atoms with E-state index in [0.29, 0.717) is 5.69 Å². The number of anilines is 1. The largest absolute Gasteiger partial charge is 0.384 e. The Morgan fingerprint density at radius 2 is 2.29 bits per heavy atom. The number of carbonyl (C=O) groups excluding carboxylic acids is 1. The molecule has 0 aliphatic carbocycles. The maximum Gasteiger partial charge on any atom is 0.211 e. The van der Waals surface area contributed by atoms with Gasteiger partial charge in [0.25, 0.3) is 0 Å². The molecule has 0 radical (unpaired) electrons. The molecule has 0 amide bonds. The second-order valence-corrected chi connectivity index (χ2v) is 4.22. The van der Waals surface area contributed by atoms with Crippen LogP contribution in [0.15, 0.2) is 30.5 Å². The molecule has 2 heterocycles. The molecule has 2 aromatic rings. The van der Waals surface area contributed by atoms with Crippen LogP contribution in [0.2, 0.25) is 0 Å². The van der Waals surface area contributed by atoms with Gasteiger partial charge in [0.15, 0.2) is 0 Å². The third-order valence-electron chi connectivity index (χ3n) is 3.13. The van der Waals surface area contributed by atoms with E-state index in [2.05, 4.69) is 10.4 Å². The lowest BCUT2D eigenvalue weighted by Crippen LogP contribution is -2.08. The van der Waals surface area contributed by atoms with Crippen molar-refractivity contribution in [1.82, 2.24) is 9.78 Å². The molecule has 4 heteroatoms. The summed E-state index contributed by atoms with van der Waals surface area (Å²) in [6, 6.07) is 7.57. The number of aryl methyl sites for hydroxylation is 1. The average molecular weight is 227 g/mol. The summed E-state index contributed by atoms with van der Waals surface area (Å²) in [6.45, 7) is 0.957. The maximum absolute atomic E-state index is 12.2. The summed E-state index contributed by atoms with van der Waals surface area (Å²) >= 11 is 0. The number of carbonyl (C=O) groups is 1. The quantitative estimate of drug-likeness (QED) is 0.793. The van der Waals surface area contributed by atoms with Crippen LogP contribution < -0.4 is 5.32 Å². The van der Waals surface area contributed by atoms with Crippen molar-refractivity contribution in [2.45, 2.75) is 6.42 Å². The Morgan fingerprint density at radius 3 is 3.06 bits per heavy atom. The standard InChI is InChI=1S/C13H13N3O/c1-16-12(5-7-15-16)13(17)10-2-3-11-9(8-10)4-6-14-11/h2-3,5,7-8,14H,4,6H2,1H3. The van der Waals surface area contributed by atoms with Gasteiger partial charge in [-0.3, -0.25) is 9.48 Å². The minimum absolute atomic E-state index is 0.0275. The van der Waals surface area contributed by atoms with E-state index in [1.165, 1.54) is 5.56 Å². The minimum Gasteiger partial charge on any atom is -0.384 e. The molecule has 4 nitrogen and oxygen atoms in total. The van der Waals surface area contributed by atoms with E-state index < -0.39 is 0 Å². The molecule has 1 N–H and O–H groups in total. The molecular weight excluding hydrogens is 214 g/mol. The van der Waals surface area contributed by atoms with Crippen LogP contribution in [0.3, 0.4) is 0 Å². The molecule has 1 aliphatic heterocycles. The molecule has 0 atom stereocenters. The fourth-order valence-corrected chi connectivity index (χ4v) is 2.19. The van der Waals surface area contributed by atoms with Crippen LogP contribution in [0, 0.1) is 0 Å². The number of hydrogen-bond donors (Lipinski definition) is 1. The summed E-state index contributed by atoms with van der Waals surface area (Å²) in [5.41, 5.74) is 3.72. The van der Waals surface area contributed by atoms with E-state index >= 15 is 0 Å². The second kappa shape index (κ2) is 3.73. The van der Waals surface area contributed by atoms with E-state index in [4.69, 9.17) is 0 Å². The highest BCUT2D eigenvalue weighted by atomic mass is 16.1. The zero-order valence-electron chi connectivity index (χ0n) is 9.60. The van der Waals surface area contributed by atoms with Gasteiger partial charge >= 0.3 is 0 Å². The van der Waals surface area contributed by atoms with Gasteiger partial charge < -0.3 is 5.32 Å². The molecule has 3 rings (SSSR count). The third kappa shape index (κ3) is 1.62. The van der Waals surface area contributed by atoms with E-state index in [1.54, 1.807) is 24.0 Å². The van der Waals surface area contributed by atoms with Gasteiger partial charge in [-0.05, 0) is 36.2 Å². The Bertz CT molecular complexity index is 586. The second-order valence-electron chi connectivity index (χ2n) is 4.22. The first-order valence-electron chi connectivity index (χ1n) is 5.65. The zero-order chi connectivity index (χ0) is 11.8. The fourth-order valence-electron chi connectivity index (χ4n) is 2.19. The van der Waals surface area contributed by atoms with E-state index in [1.807, 2.05) is 18.2 Å². The first-order chi connectivity index (χ1) is 8.25. The molecule has 0 saturated carbocycles. The number of rotatable bonds is 2. The third-order valence-corrected chi connectivity index (χ3v) is 3.13. The Hall–Kier alpha value is -2.10. The molecular formula is C13H13N3O. The minimum atomic E-state index is 0.0275. The van der Waals surface area contributed by atoms with Crippen LogP contribution in [-0.4, -0.2) is 22.1 Å². The summed E-state index contributed by atoms with van der Waals surface area (Å²) in [5.74, 6) is 0.0275. The molecule has 17 heavy (non-hydrogen) atoms. The van der Waals surface area contributed by atoms with Crippen LogP contribution in [0.25, 0.3) is 0 Å². The molecule has 0 unspecified atom stereocenters. The maximum atomic E-state index is 12.2. The van der Waals surface area contributed by atoms with Gasteiger partial charge in [0.2, 0.25) is 5.78 Å². The highest BCUT2D eigenvalue weighted by molar-refractivity contribution is 6.08. The van der Waals surface area contributed by atoms with Gasteiger partial charge in [-0.2, -0.15) is 5.10 Å². The first kappa shape index (κ1) is 10.1. The number of aromatic nitrogens is 2. The molecule has 0 bridgehead atoms. The Labute approximate surface area is 99.3 Å². The number of hydrogen-bond acceptors (Lipinski definition) is 3. The Balaban J connectivity index is 2.00. The lowest BCUT2D eigenvalue weighted by atomic mass is 10.0. The molecule has 1 aromatic carbocycles. The highest BCUT2D eigenvalue weighted by Gasteiger charge is 2.16. The summed E-state index contributed by atoms with van der Waals surface area (Å²) in [4.78, 5) is 12.2. The van der Waals surface area contributed by atoms with E-state index in [-0.39, 0.29) is 5.78 Å². The molecule has 86 valence electrons. The van der Waals surface area contributed by atoms with Gasteiger partial charge in [-0.15, -0.1) is 0 Å². The van der Waals surface area contributed by atoms with Crippen molar-refractivity contribution in [3.63, 3.8) is 0 Å². The van der Waals surface area contributed by atoms with Crippen LogP contribution in [0.1, 0.15) is 21.6 Å². The smallest absolute Gasteiger partial charge is 0.211 e. The molecule has 0 saturated heterocycles. The number of ketones is 1. The summed E-state index contributed by atoms with van der Waals surface area (Å²) in [7, 11) is 1.78. The van der Waals surface area contributed by atoms with Crippen molar-refractivity contribution in [3.8, 4) is 0 Å². The first-order valence-corrected chi connectivity index (χ1v) is 5.65. The van der Waals surface area contributed by atoms with Crippen molar-refractivity contribution in [2.24, 2.45) is 7.05 Å². The molecule has 1 aliphatic rings. The van der Waals surface area contributed by atoms with Gasteiger partial charge in [0.05, 0.1) is 0 Å². The predicted molar refractivity (Wildman–Crippen MR) is 65.3 cm³/mol. The topological polar surface area (TPSA) is 46.9 Å². The number of benzene rings is 1. The lowest BCUT2D eigenvalue weighted by Gasteiger charge is -2.04. The lowest BCUT2D eigenvalue weighted by molar-refractivity contribution is 0.103. The normalized spacial score (nSPS) is 13.2. The zero-order valence-corrected chi connectivity index (χ0v) is 9.60. The molecule has 1 aromatic heterocycles. The van der Waals surface area contributed by atoms with E-state index in [0.717, 1.165) is 24.2 Å². The van der Waals surface area contributed by atoms with Crippen molar-refractivity contribution >= 4 is 11.5 Å². The number of fused-ring (bicyclic) bond motifs is 1. The number of nitrogens with one attached hydrogen (secondary N) is 1. The van der Waals surface area contributed by atoms with Crippen LogP contribution in [-0.2, 0) is 13.5 Å².